The Morgan fingerprint density at radius 3 is 2.73 bits per heavy atom. The molecule has 2 heteroatoms. The molecule has 2 aliphatic heterocycles. The molecule has 0 saturated carbocycles. The molecule has 0 spiro atoms. The van der Waals surface area contributed by atoms with Crippen LogP contribution in [0.4, 0.5) is 0 Å². The summed E-state index contributed by atoms with van der Waals surface area (Å²) in [5.74, 6) is 0. The average Bonchev–Trinajstić information content (AvgIpc) is 2.56. The number of fused-ring (bicyclic) bond motifs is 2. The number of ether oxygens (including phenoxy) is 1. The molecular formula is C13H15IO. The molecule has 1 aromatic rings. The molecule has 2 atom stereocenters. The van der Waals surface area contributed by atoms with E-state index in [0.29, 0.717) is 6.10 Å². The Bertz CT molecular complexity index is 355. The number of halogens is 1. The molecule has 2 saturated heterocycles. The third-order valence-electron chi connectivity index (χ3n) is 3.74. The van der Waals surface area contributed by atoms with Crippen molar-refractivity contribution in [1.82, 2.24) is 0 Å². The minimum atomic E-state index is 0.0766. The van der Waals surface area contributed by atoms with Gasteiger partial charge in [0.2, 0.25) is 0 Å². The molecular weight excluding hydrogens is 299 g/mol. The van der Waals surface area contributed by atoms with Gasteiger partial charge in [0.25, 0.3) is 0 Å². The Hall–Kier alpha value is -0.0900. The van der Waals surface area contributed by atoms with Crippen LogP contribution < -0.4 is 0 Å². The van der Waals surface area contributed by atoms with Gasteiger partial charge in [0.05, 0.1) is 11.7 Å². The lowest BCUT2D eigenvalue weighted by atomic mass is 9.87. The highest BCUT2D eigenvalue weighted by Gasteiger charge is 2.44. The Kier molecular flexibility index (Phi) is 2.51. The lowest BCUT2D eigenvalue weighted by Gasteiger charge is -2.34. The van der Waals surface area contributed by atoms with E-state index in [1.54, 1.807) is 0 Å². The van der Waals surface area contributed by atoms with Crippen molar-refractivity contribution in [3.8, 4) is 0 Å². The molecule has 0 amide bonds. The van der Waals surface area contributed by atoms with Gasteiger partial charge in [0, 0.05) is 3.57 Å². The fourth-order valence-corrected chi connectivity index (χ4v) is 3.30. The van der Waals surface area contributed by atoms with E-state index in [4.69, 9.17) is 4.74 Å². The van der Waals surface area contributed by atoms with Crippen LogP contribution in [0.1, 0.15) is 37.7 Å². The summed E-state index contributed by atoms with van der Waals surface area (Å²) < 4.78 is 7.51. The SMILES string of the molecule is Ic1ccc(C23CCCC(CC2)O3)cc1. The summed E-state index contributed by atoms with van der Waals surface area (Å²) >= 11 is 2.35. The van der Waals surface area contributed by atoms with Crippen molar-refractivity contribution in [2.45, 2.75) is 43.8 Å². The van der Waals surface area contributed by atoms with Gasteiger partial charge in [0.1, 0.15) is 0 Å². The maximum Gasteiger partial charge on any atom is 0.0936 e. The minimum absolute atomic E-state index is 0.0766. The second kappa shape index (κ2) is 3.74. The highest BCUT2D eigenvalue weighted by molar-refractivity contribution is 14.1. The van der Waals surface area contributed by atoms with Crippen LogP contribution in [-0.2, 0) is 10.3 Å². The maximum absolute atomic E-state index is 6.21. The van der Waals surface area contributed by atoms with E-state index in [9.17, 15) is 0 Å². The number of hydrogen-bond donors (Lipinski definition) is 0. The second-order valence-corrected chi connectivity index (χ2v) is 5.92. The number of hydrogen-bond acceptors (Lipinski definition) is 1. The Labute approximate surface area is 104 Å². The van der Waals surface area contributed by atoms with E-state index in [1.807, 2.05) is 0 Å². The van der Waals surface area contributed by atoms with Crippen LogP contribution in [0.2, 0.25) is 0 Å². The van der Waals surface area contributed by atoms with Crippen LogP contribution in [0.5, 0.6) is 0 Å². The van der Waals surface area contributed by atoms with E-state index in [0.717, 1.165) is 0 Å². The van der Waals surface area contributed by atoms with Crippen LogP contribution >= 0.6 is 22.6 Å². The van der Waals surface area contributed by atoms with Crippen molar-refractivity contribution in [3.63, 3.8) is 0 Å². The van der Waals surface area contributed by atoms with Crippen molar-refractivity contribution in [3.05, 3.63) is 33.4 Å². The first kappa shape index (κ1) is 10.1. The van der Waals surface area contributed by atoms with Gasteiger partial charge in [-0.25, -0.2) is 0 Å². The smallest absolute Gasteiger partial charge is 0.0936 e. The molecule has 0 radical (unpaired) electrons. The van der Waals surface area contributed by atoms with E-state index in [1.165, 1.54) is 41.2 Å². The molecule has 3 rings (SSSR count). The number of rotatable bonds is 1. The van der Waals surface area contributed by atoms with Crippen LogP contribution in [0.3, 0.4) is 0 Å². The molecule has 1 nitrogen and oxygen atoms in total. The quantitative estimate of drug-likeness (QED) is 0.716. The first-order chi connectivity index (χ1) is 7.28. The van der Waals surface area contributed by atoms with Crippen molar-refractivity contribution < 1.29 is 4.74 Å². The zero-order valence-electron chi connectivity index (χ0n) is 8.71. The third-order valence-corrected chi connectivity index (χ3v) is 4.46. The fourth-order valence-electron chi connectivity index (χ4n) is 2.94. The predicted molar refractivity (Wildman–Crippen MR) is 68.8 cm³/mol. The summed E-state index contributed by atoms with van der Waals surface area (Å²) in [6, 6.07) is 8.87. The standard InChI is InChI=1S/C13H15IO/c14-11-5-3-10(4-6-11)13-8-1-2-12(15-13)7-9-13/h3-6,12H,1-2,7-9H2. The molecule has 0 aliphatic carbocycles. The highest BCUT2D eigenvalue weighted by atomic mass is 127. The molecule has 80 valence electrons. The van der Waals surface area contributed by atoms with Crippen LogP contribution in [0.25, 0.3) is 0 Å². The zero-order chi connectivity index (χ0) is 10.3. The van der Waals surface area contributed by atoms with E-state index < -0.39 is 0 Å². The van der Waals surface area contributed by atoms with Crippen LogP contribution in [0, 0.1) is 3.57 Å². The second-order valence-electron chi connectivity index (χ2n) is 4.67. The molecule has 2 bridgehead atoms. The van der Waals surface area contributed by atoms with Crippen molar-refractivity contribution in [2.24, 2.45) is 0 Å². The summed E-state index contributed by atoms with van der Waals surface area (Å²) in [7, 11) is 0. The Balaban J connectivity index is 1.95. The molecule has 1 aromatic carbocycles. The summed E-state index contributed by atoms with van der Waals surface area (Å²) in [6.07, 6.45) is 6.83. The summed E-state index contributed by atoms with van der Waals surface area (Å²) in [6.45, 7) is 0. The van der Waals surface area contributed by atoms with Gasteiger partial charge in [-0.3, -0.25) is 0 Å². The molecule has 2 fully saturated rings. The highest BCUT2D eigenvalue weighted by Crippen LogP contribution is 2.48. The normalized spacial score (nSPS) is 34.3. The molecule has 0 N–H and O–H groups in total. The molecule has 2 heterocycles. The van der Waals surface area contributed by atoms with Crippen LogP contribution in [-0.4, -0.2) is 6.10 Å². The van der Waals surface area contributed by atoms with Crippen molar-refractivity contribution in [1.29, 1.82) is 0 Å². The Morgan fingerprint density at radius 1 is 1.13 bits per heavy atom. The van der Waals surface area contributed by atoms with E-state index >= 15 is 0 Å². The maximum atomic E-state index is 6.21. The van der Waals surface area contributed by atoms with Gasteiger partial charge in [0.15, 0.2) is 0 Å². The first-order valence-electron chi connectivity index (χ1n) is 5.72. The molecule has 2 aliphatic rings. The van der Waals surface area contributed by atoms with Crippen LogP contribution in [0.15, 0.2) is 24.3 Å². The zero-order valence-corrected chi connectivity index (χ0v) is 10.9. The summed E-state index contributed by atoms with van der Waals surface area (Å²) in [5, 5.41) is 0. The predicted octanol–water partition coefficient (Wildman–Crippen LogP) is 3.85. The largest absolute Gasteiger partial charge is 0.367 e. The van der Waals surface area contributed by atoms with Gasteiger partial charge in [-0.15, -0.1) is 0 Å². The minimum Gasteiger partial charge on any atom is -0.367 e. The summed E-state index contributed by atoms with van der Waals surface area (Å²) in [5.41, 5.74) is 1.47. The molecule has 15 heavy (non-hydrogen) atoms. The molecule has 0 aromatic heterocycles. The van der Waals surface area contributed by atoms with Crippen molar-refractivity contribution >= 4 is 22.6 Å². The van der Waals surface area contributed by atoms with Gasteiger partial charge in [-0.1, -0.05) is 12.1 Å². The van der Waals surface area contributed by atoms with E-state index in [-0.39, 0.29) is 5.60 Å². The van der Waals surface area contributed by atoms with Gasteiger partial charge < -0.3 is 4.74 Å². The third kappa shape index (κ3) is 1.72. The molecule has 2 unspecified atom stereocenters. The topological polar surface area (TPSA) is 9.23 Å². The first-order valence-corrected chi connectivity index (χ1v) is 6.80. The Morgan fingerprint density at radius 2 is 1.93 bits per heavy atom. The van der Waals surface area contributed by atoms with E-state index in [2.05, 4.69) is 46.9 Å². The monoisotopic (exact) mass is 314 g/mol. The lowest BCUT2D eigenvalue weighted by molar-refractivity contribution is -0.0815. The summed E-state index contributed by atoms with van der Waals surface area (Å²) in [4.78, 5) is 0. The number of benzene rings is 1. The van der Waals surface area contributed by atoms with Gasteiger partial charge in [-0.05, 0) is 72.4 Å². The van der Waals surface area contributed by atoms with Gasteiger partial charge in [-0.2, -0.15) is 0 Å². The lowest BCUT2D eigenvalue weighted by Crippen LogP contribution is -2.30. The average molecular weight is 314 g/mol. The van der Waals surface area contributed by atoms with Crippen molar-refractivity contribution in [2.75, 3.05) is 0 Å². The van der Waals surface area contributed by atoms with Gasteiger partial charge >= 0.3 is 0 Å². The fraction of sp³-hybridized carbons (Fsp3) is 0.538.